The van der Waals surface area contributed by atoms with Crippen molar-refractivity contribution in [2.24, 2.45) is 5.92 Å². The molecule has 2 aromatic rings. The first-order valence-corrected chi connectivity index (χ1v) is 10.6. The van der Waals surface area contributed by atoms with Gasteiger partial charge in [-0.15, -0.1) is 11.3 Å². The Labute approximate surface area is 174 Å². The number of amides is 3. The SMILES string of the molecule is CCCNC(=O)Nc1cccc(OC(=O)C2CCN(C(=O)c3cccs3)CC2)c1. The zero-order valence-corrected chi connectivity index (χ0v) is 17.2. The average molecular weight is 416 g/mol. The van der Waals surface area contributed by atoms with E-state index in [4.69, 9.17) is 4.74 Å². The molecule has 2 heterocycles. The van der Waals surface area contributed by atoms with Crippen LogP contribution in [0, 0.1) is 5.92 Å². The van der Waals surface area contributed by atoms with Crippen LogP contribution in [0.2, 0.25) is 0 Å². The van der Waals surface area contributed by atoms with E-state index in [2.05, 4.69) is 10.6 Å². The molecule has 8 heteroatoms. The third kappa shape index (κ3) is 5.80. The fourth-order valence-electron chi connectivity index (χ4n) is 3.13. The van der Waals surface area contributed by atoms with Crippen molar-refractivity contribution in [2.75, 3.05) is 25.0 Å². The van der Waals surface area contributed by atoms with Gasteiger partial charge in [0.25, 0.3) is 5.91 Å². The number of rotatable bonds is 6. The van der Waals surface area contributed by atoms with Crippen molar-refractivity contribution in [3.63, 3.8) is 0 Å². The van der Waals surface area contributed by atoms with Gasteiger partial charge in [0.1, 0.15) is 5.75 Å². The summed E-state index contributed by atoms with van der Waals surface area (Å²) < 4.78 is 5.51. The van der Waals surface area contributed by atoms with Crippen LogP contribution in [-0.4, -0.2) is 42.4 Å². The van der Waals surface area contributed by atoms with Gasteiger partial charge in [-0.05, 0) is 42.8 Å². The molecule has 0 atom stereocenters. The first-order chi connectivity index (χ1) is 14.1. The lowest BCUT2D eigenvalue weighted by molar-refractivity contribution is -0.140. The maximum absolute atomic E-state index is 12.5. The standard InChI is InChI=1S/C21H25N3O4S/c1-2-10-22-21(27)23-16-5-3-6-17(14-16)28-20(26)15-8-11-24(12-9-15)19(25)18-7-4-13-29-18/h3-7,13-15H,2,8-12H2,1H3,(H2,22,23,27). The number of thiophene rings is 1. The van der Waals surface area contributed by atoms with Gasteiger partial charge in [0.2, 0.25) is 0 Å². The van der Waals surface area contributed by atoms with E-state index in [9.17, 15) is 14.4 Å². The second-order valence-electron chi connectivity index (χ2n) is 6.87. The van der Waals surface area contributed by atoms with Gasteiger partial charge in [-0.3, -0.25) is 9.59 Å². The fraction of sp³-hybridized carbons (Fsp3) is 0.381. The molecule has 3 amide bonds. The van der Waals surface area contributed by atoms with Crippen molar-refractivity contribution in [1.29, 1.82) is 0 Å². The fourth-order valence-corrected chi connectivity index (χ4v) is 3.82. The molecule has 0 unspecified atom stereocenters. The number of nitrogens with zero attached hydrogens (tertiary/aromatic N) is 1. The molecule has 3 rings (SSSR count). The molecule has 1 aromatic heterocycles. The molecule has 0 saturated carbocycles. The van der Waals surface area contributed by atoms with E-state index in [0.29, 0.717) is 43.9 Å². The molecule has 1 saturated heterocycles. The number of nitrogens with one attached hydrogen (secondary N) is 2. The quantitative estimate of drug-likeness (QED) is 0.556. The molecule has 1 aromatic carbocycles. The second-order valence-corrected chi connectivity index (χ2v) is 7.82. The van der Waals surface area contributed by atoms with E-state index in [-0.39, 0.29) is 23.8 Å². The van der Waals surface area contributed by atoms with Crippen molar-refractivity contribution in [2.45, 2.75) is 26.2 Å². The Balaban J connectivity index is 1.50. The van der Waals surface area contributed by atoms with Crippen molar-refractivity contribution in [1.82, 2.24) is 10.2 Å². The maximum Gasteiger partial charge on any atom is 0.319 e. The number of hydrogen-bond donors (Lipinski definition) is 2. The zero-order valence-electron chi connectivity index (χ0n) is 16.3. The third-order valence-electron chi connectivity index (χ3n) is 4.69. The Hall–Kier alpha value is -2.87. The minimum atomic E-state index is -0.305. The smallest absolute Gasteiger partial charge is 0.319 e. The Bertz CT molecular complexity index is 845. The normalized spacial score (nSPS) is 14.3. The van der Waals surface area contributed by atoms with Gasteiger partial charge < -0.3 is 20.3 Å². The van der Waals surface area contributed by atoms with Gasteiger partial charge in [0.05, 0.1) is 10.8 Å². The minimum Gasteiger partial charge on any atom is -0.426 e. The summed E-state index contributed by atoms with van der Waals surface area (Å²) in [7, 11) is 0. The Morgan fingerprint density at radius 2 is 1.97 bits per heavy atom. The number of benzene rings is 1. The Morgan fingerprint density at radius 1 is 1.17 bits per heavy atom. The van der Waals surface area contributed by atoms with Crippen LogP contribution in [0.1, 0.15) is 35.9 Å². The molecule has 0 bridgehead atoms. The van der Waals surface area contributed by atoms with Crippen LogP contribution in [-0.2, 0) is 4.79 Å². The van der Waals surface area contributed by atoms with Gasteiger partial charge in [-0.1, -0.05) is 19.1 Å². The van der Waals surface area contributed by atoms with Crippen molar-refractivity contribution in [3.8, 4) is 5.75 Å². The molecule has 1 fully saturated rings. The predicted molar refractivity (Wildman–Crippen MR) is 112 cm³/mol. The van der Waals surface area contributed by atoms with Gasteiger partial charge in [-0.2, -0.15) is 0 Å². The topological polar surface area (TPSA) is 87.7 Å². The highest BCUT2D eigenvalue weighted by atomic mass is 32.1. The number of carbonyl (C=O) groups excluding carboxylic acids is 3. The first-order valence-electron chi connectivity index (χ1n) is 9.76. The molecule has 0 aliphatic carbocycles. The van der Waals surface area contributed by atoms with Gasteiger partial charge >= 0.3 is 12.0 Å². The summed E-state index contributed by atoms with van der Waals surface area (Å²) in [5.74, 6) is -0.139. The van der Waals surface area contributed by atoms with E-state index in [1.54, 1.807) is 29.2 Å². The number of ether oxygens (including phenoxy) is 1. The van der Waals surface area contributed by atoms with Gasteiger partial charge in [0, 0.05) is 31.4 Å². The summed E-state index contributed by atoms with van der Waals surface area (Å²) >= 11 is 1.43. The molecule has 1 aliphatic heterocycles. The number of esters is 1. The Kier molecular flexibility index (Phi) is 7.24. The second kappa shape index (κ2) is 10.1. The van der Waals surface area contributed by atoms with Crippen LogP contribution in [0.5, 0.6) is 5.75 Å². The van der Waals surface area contributed by atoms with E-state index in [1.165, 1.54) is 11.3 Å². The number of anilines is 1. The summed E-state index contributed by atoms with van der Waals surface area (Å²) in [6, 6.07) is 10.1. The molecular weight excluding hydrogens is 390 g/mol. The molecule has 1 aliphatic rings. The molecule has 154 valence electrons. The zero-order chi connectivity index (χ0) is 20.6. The third-order valence-corrected chi connectivity index (χ3v) is 5.55. The molecular formula is C21H25N3O4S. The van der Waals surface area contributed by atoms with Crippen molar-refractivity contribution >= 4 is 34.9 Å². The average Bonchev–Trinajstić information content (AvgIpc) is 3.27. The van der Waals surface area contributed by atoms with E-state index in [1.807, 2.05) is 24.4 Å². The van der Waals surface area contributed by atoms with E-state index < -0.39 is 0 Å². The van der Waals surface area contributed by atoms with Crippen LogP contribution in [0.25, 0.3) is 0 Å². The maximum atomic E-state index is 12.5. The van der Waals surface area contributed by atoms with Crippen LogP contribution < -0.4 is 15.4 Å². The lowest BCUT2D eigenvalue weighted by Gasteiger charge is -2.30. The molecule has 0 spiro atoms. The number of hydrogen-bond acceptors (Lipinski definition) is 5. The summed E-state index contributed by atoms with van der Waals surface area (Å²) in [5.41, 5.74) is 0.556. The number of likely N-dealkylation sites (tertiary alicyclic amines) is 1. The molecule has 29 heavy (non-hydrogen) atoms. The lowest BCUT2D eigenvalue weighted by atomic mass is 9.97. The van der Waals surface area contributed by atoms with Crippen LogP contribution in [0.3, 0.4) is 0 Å². The van der Waals surface area contributed by atoms with E-state index in [0.717, 1.165) is 11.3 Å². The monoisotopic (exact) mass is 415 g/mol. The minimum absolute atomic E-state index is 0.0203. The summed E-state index contributed by atoms with van der Waals surface area (Å²) in [6.07, 6.45) is 2.00. The molecule has 7 nitrogen and oxygen atoms in total. The molecule has 0 radical (unpaired) electrons. The van der Waals surface area contributed by atoms with Gasteiger partial charge in [0.15, 0.2) is 0 Å². The van der Waals surface area contributed by atoms with Crippen LogP contribution in [0.4, 0.5) is 10.5 Å². The number of piperidine rings is 1. The summed E-state index contributed by atoms with van der Waals surface area (Å²) in [4.78, 5) is 39.2. The highest BCUT2D eigenvalue weighted by Crippen LogP contribution is 2.24. The van der Waals surface area contributed by atoms with Gasteiger partial charge in [-0.25, -0.2) is 4.79 Å². The summed E-state index contributed by atoms with van der Waals surface area (Å²) in [5, 5.41) is 7.33. The first kappa shape index (κ1) is 20.9. The predicted octanol–water partition coefficient (Wildman–Crippen LogP) is 3.74. The highest BCUT2D eigenvalue weighted by Gasteiger charge is 2.29. The van der Waals surface area contributed by atoms with E-state index >= 15 is 0 Å². The molecule has 2 N–H and O–H groups in total. The number of urea groups is 1. The lowest BCUT2D eigenvalue weighted by Crippen LogP contribution is -2.40. The number of carbonyl (C=O) groups is 3. The largest absolute Gasteiger partial charge is 0.426 e. The van der Waals surface area contributed by atoms with Crippen LogP contribution in [0.15, 0.2) is 41.8 Å². The van der Waals surface area contributed by atoms with Crippen LogP contribution >= 0.6 is 11.3 Å². The summed E-state index contributed by atoms with van der Waals surface area (Å²) in [6.45, 7) is 3.64. The van der Waals surface area contributed by atoms with Crippen molar-refractivity contribution in [3.05, 3.63) is 46.7 Å². The van der Waals surface area contributed by atoms with Crippen molar-refractivity contribution < 1.29 is 19.1 Å². The Morgan fingerprint density at radius 3 is 2.66 bits per heavy atom. The highest BCUT2D eigenvalue weighted by molar-refractivity contribution is 7.12.